The Balaban J connectivity index is 1.28. The Morgan fingerprint density at radius 3 is 2.31 bits per heavy atom. The summed E-state index contributed by atoms with van der Waals surface area (Å²) < 4.78 is 43.1. The Morgan fingerprint density at radius 1 is 0.914 bits per heavy atom. The third kappa shape index (κ3) is 11.6. The van der Waals surface area contributed by atoms with Crippen LogP contribution in [0.3, 0.4) is 0 Å². The van der Waals surface area contributed by atoms with E-state index >= 15 is 0 Å². The van der Waals surface area contributed by atoms with Gasteiger partial charge in [-0.3, -0.25) is 23.4 Å². The van der Waals surface area contributed by atoms with Crippen LogP contribution in [0.5, 0.6) is 0 Å². The van der Waals surface area contributed by atoms with Crippen LogP contribution < -0.4 is 5.32 Å². The normalized spacial score (nSPS) is 13.8. The van der Waals surface area contributed by atoms with Crippen molar-refractivity contribution in [3.05, 3.63) is 98.7 Å². The highest BCUT2D eigenvalue weighted by molar-refractivity contribution is 7.84. The predicted molar refractivity (Wildman–Crippen MR) is 210 cm³/mol. The Kier molecular flexibility index (Phi) is 14.9. The number of halogens is 2. The van der Waals surface area contributed by atoms with E-state index in [4.69, 9.17) is 51.3 Å². The Hall–Kier alpha value is -5.45. The van der Waals surface area contributed by atoms with Gasteiger partial charge in [0.1, 0.15) is 31.4 Å². The summed E-state index contributed by atoms with van der Waals surface area (Å²) >= 11 is 13.5. The van der Waals surface area contributed by atoms with Crippen LogP contribution in [0.25, 0.3) is 11.0 Å². The molecule has 0 spiro atoms. The van der Waals surface area contributed by atoms with Crippen molar-refractivity contribution >= 4 is 80.8 Å². The molecule has 0 fully saturated rings. The van der Waals surface area contributed by atoms with Crippen molar-refractivity contribution in [3.8, 4) is 0 Å². The van der Waals surface area contributed by atoms with E-state index in [1.807, 2.05) is 0 Å². The molecule has 2 amide bonds. The van der Waals surface area contributed by atoms with Gasteiger partial charge in [0.2, 0.25) is 6.29 Å². The molecule has 4 aromatic rings. The zero-order valence-electron chi connectivity index (χ0n) is 31.9. The van der Waals surface area contributed by atoms with Crippen molar-refractivity contribution in [2.75, 3.05) is 32.6 Å². The standard InChI is InChI=1S/C40H40Cl2N2O13S/c1-22(45)53-19-26(20-54-23(2)46)21-55-40(50)57-24(3)56-39(49)33(15-25-6-5-7-30(14-25)58(4)51)43-37(47)35-32(41)16-29-18-44(12-10-31(29)36(35)42)38(48)28-9-8-27-11-13-52-34(27)17-28/h5-9,11,13-14,16-17,24,26,33H,10,12,15,18-21H2,1-4H3,(H,43,47)/t24?,33-,58?/m0/s1. The summed E-state index contributed by atoms with van der Waals surface area (Å²) in [6.45, 7) is 3.30. The average Bonchev–Trinajstić information content (AvgIpc) is 3.65. The summed E-state index contributed by atoms with van der Waals surface area (Å²) in [7, 11) is -1.35. The number of rotatable bonds is 15. The Labute approximate surface area is 345 Å². The molecule has 1 aliphatic rings. The van der Waals surface area contributed by atoms with E-state index in [1.54, 1.807) is 65.8 Å². The molecule has 5 rings (SSSR count). The van der Waals surface area contributed by atoms with E-state index in [2.05, 4.69) is 5.32 Å². The van der Waals surface area contributed by atoms with E-state index in [0.717, 1.165) is 5.39 Å². The zero-order valence-corrected chi connectivity index (χ0v) is 34.2. The maximum Gasteiger partial charge on any atom is 0.511 e. The number of nitrogens with zero attached hydrogens (tertiary/aromatic N) is 1. The largest absolute Gasteiger partial charge is 0.511 e. The summed E-state index contributed by atoms with van der Waals surface area (Å²) in [5.74, 6) is -3.93. The van der Waals surface area contributed by atoms with Crippen molar-refractivity contribution in [1.82, 2.24) is 10.2 Å². The van der Waals surface area contributed by atoms with E-state index < -0.39 is 59.0 Å². The number of carbonyl (C=O) groups is 6. The van der Waals surface area contributed by atoms with Crippen molar-refractivity contribution in [1.29, 1.82) is 0 Å². The molecule has 3 atom stereocenters. The molecular formula is C40H40Cl2N2O13S. The highest BCUT2D eigenvalue weighted by Gasteiger charge is 2.32. The number of hydrogen-bond donors (Lipinski definition) is 1. The molecule has 0 saturated carbocycles. The minimum absolute atomic E-state index is 0.0248. The van der Waals surface area contributed by atoms with Gasteiger partial charge in [-0.2, -0.15) is 0 Å². The second-order valence-electron chi connectivity index (χ2n) is 13.3. The van der Waals surface area contributed by atoms with Crippen LogP contribution in [0.4, 0.5) is 4.79 Å². The molecule has 2 heterocycles. The van der Waals surface area contributed by atoms with E-state index in [9.17, 15) is 33.0 Å². The molecule has 2 unspecified atom stereocenters. The number of nitrogens with one attached hydrogen (secondary N) is 1. The minimum Gasteiger partial charge on any atom is -0.465 e. The van der Waals surface area contributed by atoms with Crippen LogP contribution >= 0.6 is 23.2 Å². The molecule has 0 aliphatic carbocycles. The first-order chi connectivity index (χ1) is 27.6. The summed E-state index contributed by atoms with van der Waals surface area (Å²) in [4.78, 5) is 78.1. The monoisotopic (exact) mass is 858 g/mol. The quantitative estimate of drug-likeness (QED) is 0.0857. The van der Waals surface area contributed by atoms with Crippen molar-refractivity contribution in [3.63, 3.8) is 0 Å². The van der Waals surface area contributed by atoms with Crippen LogP contribution in [-0.2, 0) is 68.3 Å². The number of hydrogen-bond acceptors (Lipinski definition) is 13. The summed E-state index contributed by atoms with van der Waals surface area (Å²) in [6.07, 6.45) is 0.451. The zero-order chi connectivity index (χ0) is 42.1. The maximum absolute atomic E-state index is 13.9. The van der Waals surface area contributed by atoms with E-state index in [-0.39, 0.29) is 54.3 Å². The second-order valence-corrected chi connectivity index (χ2v) is 15.5. The van der Waals surface area contributed by atoms with E-state index in [1.165, 1.54) is 27.0 Å². The second kappa shape index (κ2) is 19.8. The van der Waals surface area contributed by atoms with Gasteiger partial charge in [-0.05, 0) is 59.5 Å². The Bertz CT molecular complexity index is 2220. The molecule has 0 saturated heterocycles. The first-order valence-corrected chi connectivity index (χ1v) is 20.2. The molecule has 1 aliphatic heterocycles. The number of carbonyl (C=O) groups excluding carboxylic acids is 6. The van der Waals surface area contributed by atoms with Crippen molar-refractivity contribution in [2.24, 2.45) is 5.92 Å². The molecule has 1 aromatic heterocycles. The van der Waals surface area contributed by atoms with Gasteiger partial charge < -0.3 is 38.3 Å². The molecule has 18 heteroatoms. The molecule has 0 radical (unpaired) electrons. The molecule has 1 N–H and O–H groups in total. The fourth-order valence-electron chi connectivity index (χ4n) is 6.05. The first-order valence-electron chi connectivity index (χ1n) is 17.9. The number of benzene rings is 3. The van der Waals surface area contributed by atoms with Crippen LogP contribution in [0, 0.1) is 5.92 Å². The fourth-order valence-corrected chi connectivity index (χ4v) is 7.41. The van der Waals surface area contributed by atoms with Gasteiger partial charge >= 0.3 is 24.1 Å². The number of esters is 3. The van der Waals surface area contributed by atoms with Crippen LogP contribution in [0.2, 0.25) is 10.0 Å². The van der Waals surface area contributed by atoms with Crippen LogP contribution in [0.1, 0.15) is 58.2 Å². The lowest BCUT2D eigenvalue weighted by atomic mass is 9.95. The molecule has 3 aromatic carbocycles. The predicted octanol–water partition coefficient (Wildman–Crippen LogP) is 5.80. The SMILES string of the molecule is CC(=O)OCC(COC(C)=O)COC(=O)OC(C)OC(=O)[C@H](Cc1cccc(S(C)=O)c1)NC(=O)c1c(Cl)cc2c(c1Cl)CCN(C(=O)c1ccc3ccoc3c1)C2. The number of fused-ring (bicyclic) bond motifs is 2. The fraction of sp³-hybridized carbons (Fsp3) is 0.350. The lowest BCUT2D eigenvalue weighted by Gasteiger charge is -2.30. The molecule has 0 bridgehead atoms. The molecular weight excluding hydrogens is 819 g/mol. The first kappa shape index (κ1) is 43.7. The molecule has 15 nitrogen and oxygen atoms in total. The van der Waals surface area contributed by atoms with Gasteiger partial charge in [-0.1, -0.05) is 41.4 Å². The number of ether oxygens (including phenoxy) is 5. The van der Waals surface area contributed by atoms with Gasteiger partial charge in [0.15, 0.2) is 0 Å². The maximum atomic E-state index is 13.9. The van der Waals surface area contributed by atoms with Gasteiger partial charge in [0.05, 0.1) is 27.8 Å². The van der Waals surface area contributed by atoms with E-state index in [0.29, 0.717) is 45.7 Å². The van der Waals surface area contributed by atoms with Gasteiger partial charge in [-0.15, -0.1) is 0 Å². The third-order valence-electron chi connectivity index (χ3n) is 8.91. The van der Waals surface area contributed by atoms with Crippen LogP contribution in [0.15, 0.2) is 70.2 Å². The van der Waals surface area contributed by atoms with Crippen LogP contribution in [-0.4, -0.2) is 89.9 Å². The topological polar surface area (TPSA) is 194 Å². The van der Waals surface area contributed by atoms with Crippen molar-refractivity contribution in [2.45, 2.75) is 57.4 Å². The summed E-state index contributed by atoms with van der Waals surface area (Å²) in [6, 6.07) is 13.8. The van der Waals surface area contributed by atoms with Gasteiger partial charge in [0.25, 0.3) is 11.8 Å². The Morgan fingerprint density at radius 2 is 1.62 bits per heavy atom. The summed E-state index contributed by atoms with van der Waals surface area (Å²) in [5, 5.41) is 3.54. The lowest BCUT2D eigenvalue weighted by molar-refractivity contribution is -0.170. The smallest absolute Gasteiger partial charge is 0.465 e. The highest BCUT2D eigenvalue weighted by Crippen LogP contribution is 2.35. The highest BCUT2D eigenvalue weighted by atomic mass is 35.5. The third-order valence-corrected chi connectivity index (χ3v) is 10.5. The molecule has 58 heavy (non-hydrogen) atoms. The van der Waals surface area contributed by atoms with Gasteiger partial charge in [-0.25, -0.2) is 9.59 Å². The number of furan rings is 1. The summed E-state index contributed by atoms with van der Waals surface area (Å²) in [5.41, 5.74) is 2.71. The number of amides is 2. The lowest BCUT2D eigenvalue weighted by Crippen LogP contribution is -2.45. The minimum atomic E-state index is -1.52. The average molecular weight is 860 g/mol. The molecule has 308 valence electrons. The van der Waals surface area contributed by atoms with Crippen molar-refractivity contribution < 1.29 is 61.1 Å². The van der Waals surface area contributed by atoms with Gasteiger partial charge in [0, 0.05) is 73.2 Å².